The predicted octanol–water partition coefficient (Wildman–Crippen LogP) is 1.49. The smallest absolute Gasteiger partial charge is 0.244 e. The number of nitrogens with zero attached hydrogens (tertiary/aromatic N) is 2. The molecule has 0 radical (unpaired) electrons. The van der Waals surface area contributed by atoms with Crippen molar-refractivity contribution in [2.75, 3.05) is 18.0 Å². The Balaban J connectivity index is 2.07. The van der Waals surface area contributed by atoms with Crippen molar-refractivity contribution in [3.05, 3.63) is 24.0 Å². The Labute approximate surface area is 102 Å². The number of rotatable bonds is 4. The fourth-order valence-corrected chi connectivity index (χ4v) is 2.13. The van der Waals surface area contributed by atoms with Gasteiger partial charge >= 0.3 is 0 Å². The van der Waals surface area contributed by atoms with E-state index in [4.69, 9.17) is 0 Å². The largest absolute Gasteiger partial charge is 0.309 e. The molecule has 0 aromatic carbocycles. The van der Waals surface area contributed by atoms with Crippen LogP contribution in [-0.4, -0.2) is 30.0 Å². The van der Waals surface area contributed by atoms with Crippen LogP contribution in [0.1, 0.15) is 25.3 Å². The zero-order valence-corrected chi connectivity index (χ0v) is 10.4. The summed E-state index contributed by atoms with van der Waals surface area (Å²) in [7, 11) is 0. The molecule has 0 bridgehead atoms. The first kappa shape index (κ1) is 12.0. The summed E-state index contributed by atoms with van der Waals surface area (Å²) < 4.78 is 0. The lowest BCUT2D eigenvalue weighted by Gasteiger charge is -2.17. The molecule has 1 fully saturated rings. The molecule has 92 valence electrons. The van der Waals surface area contributed by atoms with Gasteiger partial charge in [-0.1, -0.05) is 6.92 Å². The van der Waals surface area contributed by atoms with Gasteiger partial charge in [0, 0.05) is 12.7 Å². The maximum Gasteiger partial charge on any atom is 0.244 e. The molecule has 1 saturated heterocycles. The summed E-state index contributed by atoms with van der Waals surface area (Å²) in [5.74, 6) is 0.172. The number of pyridine rings is 1. The maximum atomic E-state index is 12.2. The SMILES string of the molecule is CCCNC1CCN(c2cncc(C)c2)C1=O. The van der Waals surface area contributed by atoms with E-state index in [0.717, 1.165) is 37.2 Å². The lowest BCUT2D eigenvalue weighted by molar-refractivity contribution is -0.118. The van der Waals surface area contributed by atoms with E-state index >= 15 is 0 Å². The number of hydrogen-bond donors (Lipinski definition) is 1. The third-order valence-electron chi connectivity index (χ3n) is 3.02. The first-order valence-corrected chi connectivity index (χ1v) is 6.18. The average Bonchev–Trinajstić information content (AvgIpc) is 2.68. The molecular weight excluding hydrogens is 214 g/mol. The summed E-state index contributed by atoms with van der Waals surface area (Å²) >= 11 is 0. The second-order valence-corrected chi connectivity index (χ2v) is 4.51. The van der Waals surface area contributed by atoms with Crippen LogP contribution in [-0.2, 0) is 4.79 Å². The van der Waals surface area contributed by atoms with Crippen LogP contribution >= 0.6 is 0 Å². The second-order valence-electron chi connectivity index (χ2n) is 4.51. The highest BCUT2D eigenvalue weighted by atomic mass is 16.2. The van der Waals surface area contributed by atoms with Crippen LogP contribution in [0.4, 0.5) is 5.69 Å². The van der Waals surface area contributed by atoms with E-state index in [-0.39, 0.29) is 11.9 Å². The number of nitrogens with one attached hydrogen (secondary N) is 1. The highest BCUT2D eigenvalue weighted by Crippen LogP contribution is 2.21. The first-order valence-electron chi connectivity index (χ1n) is 6.18. The minimum Gasteiger partial charge on any atom is -0.309 e. The number of amides is 1. The number of carbonyl (C=O) groups is 1. The molecule has 1 aromatic heterocycles. The monoisotopic (exact) mass is 233 g/mol. The zero-order valence-electron chi connectivity index (χ0n) is 10.4. The number of carbonyl (C=O) groups excluding carboxylic acids is 1. The molecule has 1 unspecified atom stereocenters. The lowest BCUT2D eigenvalue weighted by atomic mass is 10.2. The van der Waals surface area contributed by atoms with Gasteiger partial charge in [0.05, 0.1) is 17.9 Å². The molecule has 0 spiro atoms. The van der Waals surface area contributed by atoms with Crippen molar-refractivity contribution in [3.63, 3.8) is 0 Å². The van der Waals surface area contributed by atoms with Crippen LogP contribution in [0.5, 0.6) is 0 Å². The summed E-state index contributed by atoms with van der Waals surface area (Å²) in [6.45, 7) is 5.78. The van der Waals surface area contributed by atoms with Gasteiger partial charge in [-0.25, -0.2) is 0 Å². The van der Waals surface area contributed by atoms with Crippen molar-refractivity contribution < 1.29 is 4.79 Å². The van der Waals surface area contributed by atoms with Crippen LogP contribution in [0.3, 0.4) is 0 Å². The summed E-state index contributed by atoms with van der Waals surface area (Å²) in [5.41, 5.74) is 2.00. The van der Waals surface area contributed by atoms with E-state index in [1.807, 2.05) is 17.9 Å². The number of aromatic nitrogens is 1. The first-order chi connectivity index (χ1) is 8.22. The Kier molecular flexibility index (Phi) is 3.74. The van der Waals surface area contributed by atoms with Gasteiger partial charge in [0.2, 0.25) is 5.91 Å². The number of aryl methyl sites for hydroxylation is 1. The zero-order chi connectivity index (χ0) is 12.3. The summed E-state index contributed by atoms with van der Waals surface area (Å²) in [4.78, 5) is 18.1. The maximum absolute atomic E-state index is 12.2. The molecule has 1 aliphatic heterocycles. The topological polar surface area (TPSA) is 45.2 Å². The second kappa shape index (κ2) is 5.27. The average molecular weight is 233 g/mol. The molecule has 1 aromatic rings. The minimum atomic E-state index is -0.0181. The van der Waals surface area contributed by atoms with Crippen molar-refractivity contribution in [1.82, 2.24) is 10.3 Å². The molecule has 1 aliphatic rings. The predicted molar refractivity (Wildman–Crippen MR) is 68.0 cm³/mol. The van der Waals surface area contributed by atoms with Gasteiger partial charge in [-0.3, -0.25) is 9.78 Å². The highest BCUT2D eigenvalue weighted by molar-refractivity contribution is 5.99. The Bertz CT molecular complexity index is 405. The van der Waals surface area contributed by atoms with Crippen LogP contribution in [0.25, 0.3) is 0 Å². The van der Waals surface area contributed by atoms with E-state index < -0.39 is 0 Å². The van der Waals surface area contributed by atoms with Gasteiger partial charge in [-0.15, -0.1) is 0 Å². The van der Waals surface area contributed by atoms with E-state index in [0.29, 0.717) is 0 Å². The third-order valence-corrected chi connectivity index (χ3v) is 3.02. The van der Waals surface area contributed by atoms with Gasteiger partial charge in [0.15, 0.2) is 0 Å². The summed E-state index contributed by atoms with van der Waals surface area (Å²) in [6.07, 6.45) is 5.49. The third kappa shape index (κ3) is 2.64. The molecule has 1 amide bonds. The Morgan fingerprint density at radius 2 is 2.35 bits per heavy atom. The fourth-order valence-electron chi connectivity index (χ4n) is 2.13. The van der Waals surface area contributed by atoms with E-state index in [9.17, 15) is 4.79 Å². The molecule has 2 rings (SSSR count). The van der Waals surface area contributed by atoms with E-state index in [1.165, 1.54) is 0 Å². The van der Waals surface area contributed by atoms with Crippen LogP contribution in [0, 0.1) is 6.92 Å². The van der Waals surface area contributed by atoms with Gasteiger partial charge < -0.3 is 10.2 Å². The summed E-state index contributed by atoms with van der Waals surface area (Å²) in [5, 5.41) is 3.28. The number of hydrogen-bond acceptors (Lipinski definition) is 3. The lowest BCUT2D eigenvalue weighted by Crippen LogP contribution is -2.38. The molecule has 0 saturated carbocycles. The standard InChI is InChI=1S/C13H19N3O/c1-3-5-15-12-4-6-16(13(12)17)11-7-10(2)8-14-9-11/h7-9,12,15H,3-6H2,1-2H3. The van der Waals surface area contributed by atoms with Crippen molar-refractivity contribution in [1.29, 1.82) is 0 Å². The van der Waals surface area contributed by atoms with Gasteiger partial charge in [-0.05, 0) is 37.9 Å². The Morgan fingerprint density at radius 1 is 1.53 bits per heavy atom. The van der Waals surface area contributed by atoms with Gasteiger partial charge in [0.25, 0.3) is 0 Å². The molecule has 17 heavy (non-hydrogen) atoms. The highest BCUT2D eigenvalue weighted by Gasteiger charge is 2.31. The van der Waals surface area contributed by atoms with Gasteiger partial charge in [0.1, 0.15) is 0 Å². The summed E-state index contributed by atoms with van der Waals surface area (Å²) in [6, 6.07) is 1.99. The minimum absolute atomic E-state index is 0.0181. The molecular formula is C13H19N3O. The normalized spacial score (nSPS) is 20.0. The Hall–Kier alpha value is -1.42. The molecule has 0 aliphatic carbocycles. The van der Waals surface area contributed by atoms with Gasteiger partial charge in [-0.2, -0.15) is 0 Å². The fraction of sp³-hybridized carbons (Fsp3) is 0.538. The Morgan fingerprint density at radius 3 is 3.06 bits per heavy atom. The van der Waals surface area contributed by atoms with Crippen LogP contribution < -0.4 is 10.2 Å². The van der Waals surface area contributed by atoms with Crippen molar-refractivity contribution in [2.24, 2.45) is 0 Å². The van der Waals surface area contributed by atoms with Crippen molar-refractivity contribution in [3.8, 4) is 0 Å². The molecule has 1 atom stereocenters. The quantitative estimate of drug-likeness (QED) is 0.857. The van der Waals surface area contributed by atoms with Crippen molar-refractivity contribution in [2.45, 2.75) is 32.7 Å². The molecule has 2 heterocycles. The van der Waals surface area contributed by atoms with Crippen LogP contribution in [0.2, 0.25) is 0 Å². The van der Waals surface area contributed by atoms with E-state index in [1.54, 1.807) is 12.4 Å². The molecule has 4 heteroatoms. The van der Waals surface area contributed by atoms with E-state index in [2.05, 4.69) is 17.2 Å². The molecule has 4 nitrogen and oxygen atoms in total. The number of anilines is 1. The molecule has 1 N–H and O–H groups in total. The van der Waals surface area contributed by atoms with Crippen LogP contribution in [0.15, 0.2) is 18.5 Å². The van der Waals surface area contributed by atoms with Crippen molar-refractivity contribution >= 4 is 11.6 Å².